The third-order valence-electron chi connectivity index (χ3n) is 4.61. The lowest BCUT2D eigenvalue weighted by atomic mass is 9.98. The molecule has 0 spiro atoms. The minimum Gasteiger partial charge on any atom is -0.496 e. The molecular formula is C23H26N4O3S. The van der Waals surface area contributed by atoms with Crippen LogP contribution in [0.25, 0.3) is 0 Å². The van der Waals surface area contributed by atoms with Gasteiger partial charge in [-0.15, -0.1) is 5.10 Å². The number of nitrogens with zero attached hydrogens (tertiary/aromatic N) is 3. The highest BCUT2D eigenvalue weighted by Gasteiger charge is 2.37. The molecule has 1 atom stereocenters. The van der Waals surface area contributed by atoms with Crippen molar-refractivity contribution in [3.05, 3.63) is 70.7 Å². The molecule has 0 unspecified atom stereocenters. The Morgan fingerprint density at radius 2 is 1.77 bits per heavy atom. The number of aromatic nitrogens is 2. The van der Waals surface area contributed by atoms with Crippen molar-refractivity contribution >= 4 is 29.0 Å². The van der Waals surface area contributed by atoms with Crippen LogP contribution in [0, 0.1) is 6.92 Å². The Balaban J connectivity index is 2.25. The first-order valence-electron chi connectivity index (χ1n) is 9.84. The number of anilines is 1. The van der Waals surface area contributed by atoms with Crippen molar-refractivity contribution in [2.24, 2.45) is 0 Å². The van der Waals surface area contributed by atoms with Crippen LogP contribution in [-0.4, -0.2) is 34.1 Å². The van der Waals surface area contributed by atoms with Crippen LogP contribution in [0.3, 0.4) is 0 Å². The predicted molar refractivity (Wildman–Crippen MR) is 122 cm³/mol. The fraction of sp³-hybridized carbons (Fsp3) is 0.304. The first-order valence-corrected chi connectivity index (χ1v) is 10.7. The predicted octanol–water partition coefficient (Wildman–Crippen LogP) is 4.16. The molecule has 1 N–H and O–H groups in total. The number of hydrogen-bond acceptors (Lipinski definition) is 6. The maximum Gasteiger partial charge on any atom is 0.280 e. The lowest BCUT2D eigenvalue weighted by Crippen LogP contribution is -2.49. The number of carbonyl (C=O) groups excluding carboxylic acids is 2. The van der Waals surface area contributed by atoms with E-state index in [2.05, 4.69) is 14.9 Å². The van der Waals surface area contributed by atoms with Gasteiger partial charge in [-0.25, -0.2) is 0 Å². The van der Waals surface area contributed by atoms with Crippen LogP contribution in [-0.2, 0) is 4.79 Å². The second-order valence-electron chi connectivity index (χ2n) is 8.14. The number of hydrogen-bond donors (Lipinski definition) is 1. The number of carbonyl (C=O) groups is 2. The molecule has 1 aromatic heterocycles. The van der Waals surface area contributed by atoms with E-state index in [1.165, 1.54) is 4.90 Å². The Morgan fingerprint density at radius 3 is 2.39 bits per heavy atom. The molecule has 162 valence electrons. The monoisotopic (exact) mass is 438 g/mol. The Bertz CT molecular complexity index is 1060. The van der Waals surface area contributed by atoms with E-state index >= 15 is 0 Å². The van der Waals surface area contributed by atoms with Gasteiger partial charge < -0.3 is 10.1 Å². The van der Waals surface area contributed by atoms with Crippen LogP contribution < -0.4 is 15.0 Å². The van der Waals surface area contributed by atoms with Crippen molar-refractivity contribution < 1.29 is 14.3 Å². The topological polar surface area (TPSA) is 84.4 Å². The molecule has 31 heavy (non-hydrogen) atoms. The van der Waals surface area contributed by atoms with Gasteiger partial charge in [-0.3, -0.25) is 14.5 Å². The average Bonchev–Trinajstić information content (AvgIpc) is 3.26. The summed E-state index contributed by atoms with van der Waals surface area (Å²) >= 11 is 1.08. The summed E-state index contributed by atoms with van der Waals surface area (Å²) in [6, 6.07) is 13.7. The number of para-hydroxylation sites is 2. The Labute approximate surface area is 186 Å². The molecule has 0 radical (unpaired) electrons. The highest BCUT2D eigenvalue weighted by atomic mass is 32.1. The molecule has 0 aliphatic rings. The standard InChI is InChI=1S/C23H26N4O3S/c1-15-10-6-8-12-18(15)27(22(29)17-14-31-26-25-17)20(21(28)24-23(2,3)4)16-11-7-9-13-19(16)30-5/h6-14,20H,1-5H3,(H,24,28)/t20-/m1/s1. The van der Waals surface area contributed by atoms with Crippen LogP contribution in [0.4, 0.5) is 5.69 Å². The fourth-order valence-corrected chi connectivity index (χ4v) is 3.74. The molecule has 0 aliphatic heterocycles. The van der Waals surface area contributed by atoms with Gasteiger partial charge in [0.2, 0.25) is 5.91 Å². The molecule has 0 bridgehead atoms. The summed E-state index contributed by atoms with van der Waals surface area (Å²) in [6.07, 6.45) is 0. The summed E-state index contributed by atoms with van der Waals surface area (Å²) in [4.78, 5) is 28.8. The van der Waals surface area contributed by atoms with Crippen molar-refractivity contribution in [2.45, 2.75) is 39.3 Å². The van der Waals surface area contributed by atoms with Crippen LogP contribution in [0.5, 0.6) is 5.75 Å². The van der Waals surface area contributed by atoms with Crippen LogP contribution in [0.1, 0.15) is 48.4 Å². The van der Waals surface area contributed by atoms with Gasteiger partial charge in [0.15, 0.2) is 5.69 Å². The molecule has 1 heterocycles. The van der Waals surface area contributed by atoms with Gasteiger partial charge in [0.1, 0.15) is 11.8 Å². The Hall–Kier alpha value is -3.26. The highest BCUT2D eigenvalue weighted by Crippen LogP contribution is 2.36. The smallest absolute Gasteiger partial charge is 0.280 e. The van der Waals surface area contributed by atoms with Crippen molar-refractivity contribution in [3.8, 4) is 5.75 Å². The Morgan fingerprint density at radius 1 is 1.10 bits per heavy atom. The lowest BCUT2D eigenvalue weighted by molar-refractivity contribution is -0.123. The van der Waals surface area contributed by atoms with E-state index in [-0.39, 0.29) is 11.6 Å². The lowest BCUT2D eigenvalue weighted by Gasteiger charge is -2.34. The quantitative estimate of drug-likeness (QED) is 0.625. The first kappa shape index (κ1) is 22.4. The molecule has 3 aromatic rings. The minimum absolute atomic E-state index is 0.178. The van der Waals surface area contributed by atoms with Gasteiger partial charge >= 0.3 is 0 Å². The second-order valence-corrected chi connectivity index (χ2v) is 8.75. The summed E-state index contributed by atoms with van der Waals surface area (Å²) < 4.78 is 9.38. The van der Waals surface area contributed by atoms with Crippen LogP contribution in [0.15, 0.2) is 53.9 Å². The summed E-state index contributed by atoms with van der Waals surface area (Å²) in [5, 5.41) is 8.55. The number of rotatable bonds is 6. The summed E-state index contributed by atoms with van der Waals surface area (Å²) in [5.41, 5.74) is 1.71. The third kappa shape index (κ3) is 5.08. The number of methoxy groups -OCH3 is 1. The number of nitrogens with one attached hydrogen (secondary N) is 1. The van der Waals surface area contributed by atoms with E-state index in [1.807, 2.05) is 64.1 Å². The van der Waals surface area contributed by atoms with E-state index in [1.54, 1.807) is 24.6 Å². The van der Waals surface area contributed by atoms with E-state index < -0.39 is 17.5 Å². The molecule has 2 amide bonds. The van der Waals surface area contributed by atoms with Gasteiger partial charge in [0.25, 0.3) is 5.91 Å². The first-order chi connectivity index (χ1) is 14.7. The molecule has 0 saturated carbocycles. The van der Waals surface area contributed by atoms with Crippen molar-refractivity contribution in [2.75, 3.05) is 12.0 Å². The van der Waals surface area contributed by atoms with E-state index in [9.17, 15) is 9.59 Å². The zero-order valence-electron chi connectivity index (χ0n) is 18.2. The maximum atomic E-state index is 13.7. The van der Waals surface area contributed by atoms with Gasteiger partial charge in [-0.1, -0.05) is 40.9 Å². The zero-order valence-corrected chi connectivity index (χ0v) is 19.1. The van der Waals surface area contributed by atoms with Crippen LogP contribution in [0.2, 0.25) is 0 Å². The molecule has 3 rings (SSSR count). The highest BCUT2D eigenvalue weighted by molar-refractivity contribution is 7.03. The zero-order chi connectivity index (χ0) is 22.6. The number of aryl methyl sites for hydroxylation is 1. The normalized spacial score (nSPS) is 12.2. The molecule has 7 nitrogen and oxygen atoms in total. The second kappa shape index (κ2) is 9.26. The summed E-state index contributed by atoms with van der Waals surface area (Å²) in [7, 11) is 1.54. The minimum atomic E-state index is -0.981. The van der Waals surface area contributed by atoms with E-state index in [0.29, 0.717) is 17.0 Å². The SMILES string of the molecule is COc1ccccc1[C@H](C(=O)NC(C)(C)C)N(C(=O)c1csnn1)c1ccccc1C. The van der Waals surface area contributed by atoms with Crippen molar-refractivity contribution in [1.29, 1.82) is 0 Å². The fourth-order valence-electron chi connectivity index (χ4n) is 3.31. The molecule has 0 saturated heterocycles. The van der Waals surface area contributed by atoms with Gasteiger partial charge in [0.05, 0.1) is 7.11 Å². The van der Waals surface area contributed by atoms with Gasteiger partial charge in [0, 0.05) is 22.2 Å². The average molecular weight is 439 g/mol. The van der Waals surface area contributed by atoms with Crippen molar-refractivity contribution in [1.82, 2.24) is 14.9 Å². The molecule has 0 fully saturated rings. The maximum absolute atomic E-state index is 13.7. The summed E-state index contributed by atoms with van der Waals surface area (Å²) in [5.74, 6) is -0.223. The number of amides is 2. The number of ether oxygens (including phenoxy) is 1. The Kier molecular flexibility index (Phi) is 6.70. The molecular weight excluding hydrogens is 412 g/mol. The molecule has 8 heteroatoms. The van der Waals surface area contributed by atoms with E-state index in [4.69, 9.17) is 4.74 Å². The van der Waals surface area contributed by atoms with Crippen LogP contribution >= 0.6 is 11.5 Å². The van der Waals surface area contributed by atoms with E-state index in [0.717, 1.165) is 17.1 Å². The molecule has 2 aromatic carbocycles. The number of benzene rings is 2. The largest absolute Gasteiger partial charge is 0.496 e. The molecule has 0 aliphatic carbocycles. The summed E-state index contributed by atoms with van der Waals surface area (Å²) in [6.45, 7) is 7.59. The van der Waals surface area contributed by atoms with Crippen molar-refractivity contribution in [3.63, 3.8) is 0 Å². The third-order valence-corrected chi connectivity index (χ3v) is 5.12. The van der Waals surface area contributed by atoms with Gasteiger partial charge in [-0.2, -0.15) is 0 Å². The van der Waals surface area contributed by atoms with Gasteiger partial charge in [-0.05, 0) is 56.9 Å².